The summed E-state index contributed by atoms with van der Waals surface area (Å²) in [6, 6.07) is 0.604. The van der Waals surface area contributed by atoms with E-state index in [4.69, 9.17) is 0 Å². The van der Waals surface area contributed by atoms with Gasteiger partial charge in [0.1, 0.15) is 0 Å². The first-order valence-corrected chi connectivity index (χ1v) is 7.02. The third kappa shape index (κ3) is 6.06. The Balaban J connectivity index is 0.00000121. The third-order valence-corrected chi connectivity index (χ3v) is 2.98. The lowest BCUT2D eigenvalue weighted by molar-refractivity contribution is -0.133. The molecule has 0 bridgehead atoms. The minimum absolute atomic E-state index is 0.327. The van der Waals surface area contributed by atoms with Crippen molar-refractivity contribution in [3.05, 3.63) is 0 Å². The molecule has 17 heavy (non-hydrogen) atoms. The third-order valence-electron chi connectivity index (χ3n) is 2.98. The predicted octanol–water partition coefficient (Wildman–Crippen LogP) is 2.61. The van der Waals surface area contributed by atoms with Gasteiger partial charge in [-0.3, -0.25) is 9.69 Å². The van der Waals surface area contributed by atoms with Crippen LogP contribution in [-0.2, 0) is 4.79 Å². The van der Waals surface area contributed by atoms with E-state index in [2.05, 4.69) is 32.6 Å². The first kappa shape index (κ1) is 16.4. The van der Waals surface area contributed by atoms with E-state index in [9.17, 15) is 4.79 Å². The summed E-state index contributed by atoms with van der Waals surface area (Å²) in [5.74, 6) is 0.800. The second-order valence-electron chi connectivity index (χ2n) is 5.11. The highest BCUT2D eigenvalue weighted by Gasteiger charge is 2.22. The molecule has 1 saturated heterocycles. The van der Waals surface area contributed by atoms with Crippen molar-refractivity contribution in [2.45, 2.75) is 54.0 Å². The molecule has 0 radical (unpaired) electrons. The summed E-state index contributed by atoms with van der Waals surface area (Å²) < 4.78 is 0. The molecule has 0 atom stereocenters. The molecule has 1 aliphatic rings. The first-order valence-electron chi connectivity index (χ1n) is 7.02. The Morgan fingerprint density at radius 3 is 1.82 bits per heavy atom. The molecule has 3 nitrogen and oxygen atoms in total. The smallest absolute Gasteiger partial charge is 0.222 e. The second-order valence-corrected chi connectivity index (χ2v) is 5.11. The standard InChI is InChI=1S/C12H24N2O.C2H6/c1-10(2)9-12(15)14-7-5-13(6-8-14)11(3)4;1-2/h10-11H,5-9H2,1-4H3;1-2H3. The summed E-state index contributed by atoms with van der Waals surface area (Å²) in [7, 11) is 0. The first-order chi connectivity index (χ1) is 8.00. The predicted molar refractivity (Wildman–Crippen MR) is 74.1 cm³/mol. The second kappa shape index (κ2) is 8.51. The molecule has 1 rings (SSSR count). The largest absolute Gasteiger partial charge is 0.340 e. The molecule has 1 aliphatic heterocycles. The van der Waals surface area contributed by atoms with Crippen LogP contribution in [0.4, 0.5) is 0 Å². The van der Waals surface area contributed by atoms with E-state index < -0.39 is 0 Å². The molecular formula is C14H30N2O. The van der Waals surface area contributed by atoms with Gasteiger partial charge >= 0.3 is 0 Å². The van der Waals surface area contributed by atoms with Crippen LogP contribution in [0.1, 0.15) is 48.0 Å². The van der Waals surface area contributed by atoms with E-state index in [1.807, 2.05) is 18.7 Å². The highest BCUT2D eigenvalue weighted by Crippen LogP contribution is 2.09. The average molecular weight is 242 g/mol. The van der Waals surface area contributed by atoms with Crippen molar-refractivity contribution in [2.24, 2.45) is 5.92 Å². The Morgan fingerprint density at radius 2 is 1.47 bits per heavy atom. The summed E-state index contributed by atoms with van der Waals surface area (Å²) >= 11 is 0. The van der Waals surface area contributed by atoms with Crippen LogP contribution in [0.15, 0.2) is 0 Å². The molecule has 1 heterocycles. The minimum Gasteiger partial charge on any atom is -0.340 e. The maximum Gasteiger partial charge on any atom is 0.222 e. The monoisotopic (exact) mass is 242 g/mol. The molecule has 0 aliphatic carbocycles. The zero-order chi connectivity index (χ0) is 13.4. The Hall–Kier alpha value is -0.570. The fourth-order valence-electron chi connectivity index (χ4n) is 1.97. The lowest BCUT2D eigenvalue weighted by atomic mass is 10.1. The Labute approximate surface area is 107 Å². The average Bonchev–Trinajstić information content (AvgIpc) is 2.31. The number of carbonyl (C=O) groups excluding carboxylic acids is 1. The van der Waals surface area contributed by atoms with Crippen LogP contribution in [0.5, 0.6) is 0 Å². The maximum atomic E-state index is 11.8. The van der Waals surface area contributed by atoms with Gasteiger partial charge in [-0.25, -0.2) is 0 Å². The van der Waals surface area contributed by atoms with Crippen molar-refractivity contribution >= 4 is 5.91 Å². The Kier molecular flexibility index (Phi) is 8.23. The van der Waals surface area contributed by atoms with Crippen LogP contribution in [0, 0.1) is 5.92 Å². The highest BCUT2D eigenvalue weighted by molar-refractivity contribution is 5.76. The molecule has 0 aromatic rings. The Morgan fingerprint density at radius 1 is 1.00 bits per heavy atom. The van der Waals surface area contributed by atoms with Gasteiger partial charge in [-0.2, -0.15) is 0 Å². The van der Waals surface area contributed by atoms with Gasteiger partial charge < -0.3 is 4.90 Å². The van der Waals surface area contributed by atoms with Crippen LogP contribution < -0.4 is 0 Å². The number of hydrogen-bond donors (Lipinski definition) is 0. The van der Waals surface area contributed by atoms with E-state index in [0.29, 0.717) is 24.3 Å². The van der Waals surface area contributed by atoms with E-state index in [-0.39, 0.29) is 0 Å². The fourth-order valence-corrected chi connectivity index (χ4v) is 1.97. The van der Waals surface area contributed by atoms with Gasteiger partial charge in [-0.05, 0) is 19.8 Å². The summed E-state index contributed by atoms with van der Waals surface area (Å²) in [5, 5.41) is 0. The molecule has 0 aromatic heterocycles. The van der Waals surface area contributed by atoms with E-state index in [1.165, 1.54) is 0 Å². The Bertz CT molecular complexity index is 206. The van der Waals surface area contributed by atoms with Gasteiger partial charge in [0.25, 0.3) is 0 Å². The van der Waals surface area contributed by atoms with E-state index >= 15 is 0 Å². The summed E-state index contributed by atoms with van der Waals surface area (Å²) in [6.45, 7) is 16.5. The molecule has 0 spiro atoms. The van der Waals surface area contributed by atoms with Gasteiger partial charge in [0.2, 0.25) is 5.91 Å². The number of carbonyl (C=O) groups is 1. The number of rotatable bonds is 3. The van der Waals surface area contributed by atoms with Crippen LogP contribution in [-0.4, -0.2) is 47.9 Å². The fraction of sp³-hybridized carbons (Fsp3) is 0.929. The van der Waals surface area contributed by atoms with Gasteiger partial charge in [0.05, 0.1) is 0 Å². The number of hydrogen-bond acceptors (Lipinski definition) is 2. The topological polar surface area (TPSA) is 23.6 Å². The van der Waals surface area contributed by atoms with Crippen LogP contribution in [0.25, 0.3) is 0 Å². The lowest BCUT2D eigenvalue weighted by Crippen LogP contribution is -2.50. The number of nitrogens with zero attached hydrogens (tertiary/aromatic N) is 2. The minimum atomic E-state index is 0.327. The summed E-state index contributed by atoms with van der Waals surface area (Å²) in [6.07, 6.45) is 0.696. The molecule has 1 fully saturated rings. The number of amides is 1. The molecule has 0 aromatic carbocycles. The van der Waals surface area contributed by atoms with Crippen LogP contribution >= 0.6 is 0 Å². The number of piperazine rings is 1. The molecule has 0 saturated carbocycles. The van der Waals surface area contributed by atoms with Crippen LogP contribution in [0.3, 0.4) is 0 Å². The van der Waals surface area contributed by atoms with Crippen molar-refractivity contribution in [2.75, 3.05) is 26.2 Å². The molecule has 0 unspecified atom stereocenters. The quantitative estimate of drug-likeness (QED) is 0.759. The van der Waals surface area contributed by atoms with Gasteiger partial charge in [0, 0.05) is 38.6 Å². The van der Waals surface area contributed by atoms with E-state index in [1.54, 1.807) is 0 Å². The van der Waals surface area contributed by atoms with Crippen LogP contribution in [0.2, 0.25) is 0 Å². The normalized spacial score (nSPS) is 17.1. The SMILES string of the molecule is CC.CC(C)CC(=O)N1CCN(C(C)C)CC1. The van der Waals surface area contributed by atoms with Crippen molar-refractivity contribution < 1.29 is 4.79 Å². The zero-order valence-corrected chi connectivity index (χ0v) is 12.5. The lowest BCUT2D eigenvalue weighted by Gasteiger charge is -2.37. The molecule has 102 valence electrons. The van der Waals surface area contributed by atoms with Gasteiger partial charge in [0.15, 0.2) is 0 Å². The molecular weight excluding hydrogens is 212 g/mol. The van der Waals surface area contributed by atoms with Crippen molar-refractivity contribution in [3.8, 4) is 0 Å². The van der Waals surface area contributed by atoms with Crippen molar-refractivity contribution in [1.29, 1.82) is 0 Å². The van der Waals surface area contributed by atoms with Gasteiger partial charge in [-0.1, -0.05) is 27.7 Å². The maximum absolute atomic E-state index is 11.8. The van der Waals surface area contributed by atoms with E-state index in [0.717, 1.165) is 26.2 Å². The van der Waals surface area contributed by atoms with Crippen molar-refractivity contribution in [3.63, 3.8) is 0 Å². The summed E-state index contributed by atoms with van der Waals surface area (Å²) in [5.41, 5.74) is 0. The highest BCUT2D eigenvalue weighted by atomic mass is 16.2. The molecule has 3 heteroatoms. The molecule has 1 amide bonds. The molecule has 0 N–H and O–H groups in total. The summed E-state index contributed by atoms with van der Waals surface area (Å²) in [4.78, 5) is 16.2. The van der Waals surface area contributed by atoms with Gasteiger partial charge in [-0.15, -0.1) is 0 Å². The zero-order valence-electron chi connectivity index (χ0n) is 12.5. The van der Waals surface area contributed by atoms with Crippen molar-refractivity contribution in [1.82, 2.24) is 9.80 Å².